The Morgan fingerprint density at radius 3 is 1.88 bits per heavy atom. The third-order valence-electron chi connectivity index (χ3n) is 3.73. The molecule has 0 spiro atoms. The van der Waals surface area contributed by atoms with Gasteiger partial charge in [0.2, 0.25) is 0 Å². The molecule has 0 radical (unpaired) electrons. The maximum absolute atomic E-state index is 12.1. The highest BCUT2D eigenvalue weighted by Crippen LogP contribution is 2.22. The van der Waals surface area contributed by atoms with Crippen LogP contribution >= 0.6 is 0 Å². The molecule has 0 amide bonds. The highest BCUT2D eigenvalue weighted by atomic mass is 28.4. The van der Waals surface area contributed by atoms with Crippen LogP contribution < -0.4 is 0 Å². The van der Waals surface area contributed by atoms with Crippen molar-refractivity contribution in [2.75, 3.05) is 34.0 Å². The number of hydrogen-bond donors (Lipinski definition) is 0. The summed E-state index contributed by atoms with van der Waals surface area (Å²) in [6.07, 6.45) is 0.498. The van der Waals surface area contributed by atoms with Crippen LogP contribution in [0.2, 0.25) is 6.04 Å². The van der Waals surface area contributed by atoms with Gasteiger partial charge in [-0.3, -0.25) is 0 Å². The Morgan fingerprint density at radius 2 is 1.42 bits per heavy atom. The number of carbonyl (C=O) groups is 2. The molecule has 0 heterocycles. The van der Waals surface area contributed by atoms with Gasteiger partial charge >= 0.3 is 20.7 Å². The fraction of sp³-hybridized carbons (Fsp3) is 0.556. The predicted molar refractivity (Wildman–Crippen MR) is 98.3 cm³/mol. The number of methoxy groups -OCH3 is 2. The van der Waals surface area contributed by atoms with Crippen molar-refractivity contribution < 1.29 is 32.3 Å². The van der Waals surface area contributed by atoms with Gasteiger partial charge in [0.25, 0.3) is 0 Å². The molecule has 146 valence electrons. The number of aryl methyl sites for hydroxylation is 1. The molecular formula is C18H28O7Si. The molecule has 1 aromatic rings. The fourth-order valence-electron chi connectivity index (χ4n) is 2.63. The van der Waals surface area contributed by atoms with Gasteiger partial charge in [-0.25, -0.2) is 9.59 Å². The first-order chi connectivity index (χ1) is 12.5. The molecule has 0 bridgehead atoms. The van der Waals surface area contributed by atoms with Gasteiger partial charge in [0.1, 0.15) is 0 Å². The molecule has 0 atom stereocenters. The van der Waals surface area contributed by atoms with Crippen molar-refractivity contribution in [1.29, 1.82) is 0 Å². The molecule has 0 saturated heterocycles. The Kier molecular flexibility index (Phi) is 9.50. The molecule has 1 rings (SSSR count). The van der Waals surface area contributed by atoms with Crippen molar-refractivity contribution in [3.8, 4) is 0 Å². The summed E-state index contributed by atoms with van der Waals surface area (Å²) in [5.74, 6) is -1.02. The smallest absolute Gasteiger partial charge is 0.465 e. The topological polar surface area (TPSA) is 80.3 Å². The monoisotopic (exact) mass is 384 g/mol. The van der Waals surface area contributed by atoms with E-state index in [1.165, 1.54) is 20.3 Å². The average Bonchev–Trinajstić information content (AvgIpc) is 2.65. The summed E-state index contributed by atoms with van der Waals surface area (Å²) in [5.41, 5.74) is 1.35. The Morgan fingerprint density at radius 1 is 0.885 bits per heavy atom. The van der Waals surface area contributed by atoms with E-state index in [-0.39, 0.29) is 0 Å². The van der Waals surface area contributed by atoms with Crippen LogP contribution in [-0.2, 0) is 29.2 Å². The average molecular weight is 385 g/mol. The molecule has 0 aliphatic heterocycles. The van der Waals surface area contributed by atoms with Crippen molar-refractivity contribution in [3.63, 3.8) is 0 Å². The minimum Gasteiger partial charge on any atom is -0.465 e. The summed E-state index contributed by atoms with van der Waals surface area (Å²) in [4.78, 5) is 23.9. The van der Waals surface area contributed by atoms with Crippen LogP contribution in [0.1, 0.15) is 47.1 Å². The van der Waals surface area contributed by atoms with E-state index in [1.54, 1.807) is 12.1 Å². The van der Waals surface area contributed by atoms with Crippen molar-refractivity contribution in [1.82, 2.24) is 0 Å². The molecule has 26 heavy (non-hydrogen) atoms. The third kappa shape index (κ3) is 5.91. The molecule has 0 saturated carbocycles. The molecule has 7 nitrogen and oxygen atoms in total. The lowest BCUT2D eigenvalue weighted by Gasteiger charge is -2.28. The van der Waals surface area contributed by atoms with Crippen LogP contribution in [0, 0.1) is 0 Å². The Bertz CT molecular complexity index is 586. The minimum atomic E-state index is -2.83. The Balaban J connectivity index is 3.12. The summed E-state index contributed by atoms with van der Waals surface area (Å²) < 4.78 is 27.1. The van der Waals surface area contributed by atoms with E-state index in [4.69, 9.17) is 22.8 Å². The standard InChI is InChI=1S/C18H28O7Si/c1-6-23-26(24-7-2,25-8-3)12-11-14-9-10-15(17(19)21-4)13-16(14)18(20)22-5/h9-10,13H,6-8,11-12H2,1-5H3. The van der Waals surface area contributed by atoms with Gasteiger partial charge in [-0.1, -0.05) is 6.07 Å². The van der Waals surface area contributed by atoms with Crippen molar-refractivity contribution in [2.24, 2.45) is 0 Å². The number of hydrogen-bond acceptors (Lipinski definition) is 7. The summed E-state index contributed by atoms with van der Waals surface area (Å²) in [6.45, 7) is 7.13. The molecule has 8 heteroatoms. The zero-order valence-corrected chi connectivity index (χ0v) is 17.1. The summed E-state index contributed by atoms with van der Waals surface area (Å²) in [6, 6.07) is 5.35. The quantitative estimate of drug-likeness (QED) is 0.429. The second kappa shape index (κ2) is 11.1. The lowest BCUT2D eigenvalue weighted by atomic mass is 10.0. The molecule has 0 aromatic heterocycles. The van der Waals surface area contributed by atoms with Gasteiger partial charge in [0.05, 0.1) is 25.3 Å². The largest absolute Gasteiger partial charge is 0.501 e. The molecule has 1 aromatic carbocycles. The normalized spacial score (nSPS) is 11.3. The number of carbonyl (C=O) groups excluding carboxylic acids is 2. The van der Waals surface area contributed by atoms with Crippen LogP contribution in [-0.4, -0.2) is 54.8 Å². The lowest BCUT2D eigenvalue weighted by molar-refractivity contribution is 0.0594. The highest BCUT2D eigenvalue weighted by molar-refractivity contribution is 6.60. The molecular weight excluding hydrogens is 356 g/mol. The second-order valence-electron chi connectivity index (χ2n) is 5.34. The zero-order chi connectivity index (χ0) is 19.6. The van der Waals surface area contributed by atoms with E-state index in [1.807, 2.05) is 20.8 Å². The first-order valence-electron chi connectivity index (χ1n) is 8.68. The van der Waals surface area contributed by atoms with Gasteiger partial charge in [0, 0.05) is 25.9 Å². The minimum absolute atomic E-state index is 0.291. The number of benzene rings is 1. The number of rotatable bonds is 11. The Labute approximate surface area is 155 Å². The van der Waals surface area contributed by atoms with Gasteiger partial charge in [-0.15, -0.1) is 0 Å². The molecule has 0 aliphatic rings. The lowest BCUT2D eigenvalue weighted by Crippen LogP contribution is -2.46. The summed E-state index contributed by atoms with van der Waals surface area (Å²) >= 11 is 0. The highest BCUT2D eigenvalue weighted by Gasteiger charge is 2.40. The first kappa shape index (κ1) is 22.3. The first-order valence-corrected chi connectivity index (χ1v) is 10.6. The van der Waals surface area contributed by atoms with Crippen LogP contribution in [0.25, 0.3) is 0 Å². The van der Waals surface area contributed by atoms with Crippen LogP contribution in [0.15, 0.2) is 18.2 Å². The molecule has 0 unspecified atom stereocenters. The van der Waals surface area contributed by atoms with E-state index in [9.17, 15) is 9.59 Å². The number of ether oxygens (including phenoxy) is 2. The fourth-order valence-corrected chi connectivity index (χ4v) is 5.21. The maximum Gasteiger partial charge on any atom is 0.501 e. The van der Waals surface area contributed by atoms with Crippen LogP contribution in [0.4, 0.5) is 0 Å². The van der Waals surface area contributed by atoms with Crippen molar-refractivity contribution in [3.05, 3.63) is 34.9 Å². The van der Waals surface area contributed by atoms with Crippen LogP contribution in [0.5, 0.6) is 0 Å². The zero-order valence-electron chi connectivity index (χ0n) is 16.1. The Hall–Kier alpha value is -1.74. The molecule has 0 fully saturated rings. The summed E-state index contributed by atoms with van der Waals surface area (Å²) in [5, 5.41) is 0. The van der Waals surface area contributed by atoms with Gasteiger partial charge < -0.3 is 22.8 Å². The molecule has 0 N–H and O–H groups in total. The van der Waals surface area contributed by atoms with Gasteiger partial charge in [-0.2, -0.15) is 0 Å². The second-order valence-corrected chi connectivity index (χ2v) is 8.07. The SMILES string of the molecule is CCO[Si](CCc1ccc(C(=O)OC)cc1C(=O)OC)(OCC)OCC. The third-order valence-corrected chi connectivity index (χ3v) is 6.78. The number of esters is 2. The van der Waals surface area contributed by atoms with Gasteiger partial charge in [0.15, 0.2) is 0 Å². The maximum atomic E-state index is 12.1. The van der Waals surface area contributed by atoms with Gasteiger partial charge in [-0.05, 0) is 44.9 Å². The van der Waals surface area contributed by atoms with E-state index in [0.29, 0.717) is 43.4 Å². The van der Waals surface area contributed by atoms with Crippen molar-refractivity contribution >= 4 is 20.7 Å². The molecule has 0 aliphatic carbocycles. The summed E-state index contributed by atoms with van der Waals surface area (Å²) in [7, 11) is -0.238. The van der Waals surface area contributed by atoms with Crippen molar-refractivity contribution in [2.45, 2.75) is 33.2 Å². The van der Waals surface area contributed by atoms with E-state index < -0.39 is 20.7 Å². The predicted octanol–water partition coefficient (Wildman–Crippen LogP) is 2.85. The van der Waals surface area contributed by atoms with E-state index in [0.717, 1.165) is 5.56 Å². The van der Waals surface area contributed by atoms with Crippen LogP contribution in [0.3, 0.4) is 0 Å². The van der Waals surface area contributed by atoms with E-state index in [2.05, 4.69) is 0 Å². The van der Waals surface area contributed by atoms with E-state index >= 15 is 0 Å².